The highest BCUT2D eigenvalue weighted by atomic mass is 32.2. The van der Waals surface area contributed by atoms with Crippen molar-refractivity contribution in [2.24, 2.45) is 0 Å². The van der Waals surface area contributed by atoms with E-state index in [1.54, 1.807) is 0 Å². The van der Waals surface area contributed by atoms with Crippen LogP contribution >= 0.6 is 0 Å². The van der Waals surface area contributed by atoms with E-state index in [1.807, 2.05) is 0 Å². The van der Waals surface area contributed by atoms with Gasteiger partial charge in [-0.25, -0.2) is 30.8 Å². The number of nitrogens with zero attached hydrogens (tertiary/aromatic N) is 1. The number of carbonyl (C=O) groups is 2. The number of sulfonamides is 1. The van der Waals surface area contributed by atoms with Gasteiger partial charge >= 0.3 is 6.09 Å². The summed E-state index contributed by atoms with van der Waals surface area (Å²) in [7, 11) is -2.37. The molecule has 2 aliphatic heterocycles. The van der Waals surface area contributed by atoms with Gasteiger partial charge in [0.25, 0.3) is 0 Å². The molecule has 5 rings (SSSR count). The number of halogens is 4. The number of ether oxygens (including phenoxy) is 1. The first-order valence-electron chi connectivity index (χ1n) is 15.1. The minimum atomic E-state index is -3.47. The van der Waals surface area contributed by atoms with Gasteiger partial charge in [0.05, 0.1) is 12.9 Å². The summed E-state index contributed by atoms with van der Waals surface area (Å²) < 4.78 is 90.0. The van der Waals surface area contributed by atoms with Crippen LogP contribution in [-0.2, 0) is 31.4 Å². The summed E-state index contributed by atoms with van der Waals surface area (Å²) >= 11 is 0. The standard InChI is InChI=1S/C31H38F4N4O5S/c1-44-29(41)38-27(30(13-15-31(34,35)16-14-30)20-7-9-21(32)10-8-20)28(40)37-26-6-2-5-25(33)24(26)12-11-23-18-36-22-4-3-17-45(42,43)39(23)19-22/h2,5-10,22-23,27,36H,3-4,11-19H2,1H3,(H,37,40)(H,38,41)/t22?,23-,27?/m0/s1. The Kier molecular flexibility index (Phi) is 9.76. The van der Waals surface area contributed by atoms with Crippen LogP contribution in [0.25, 0.3) is 0 Å². The van der Waals surface area contributed by atoms with Crippen molar-refractivity contribution in [2.75, 3.05) is 31.3 Å². The Bertz CT molecular complexity index is 1500. The minimum absolute atomic E-state index is 0.0546. The first-order valence-corrected chi connectivity index (χ1v) is 16.7. The first kappa shape index (κ1) is 33.1. The lowest BCUT2D eigenvalue weighted by Crippen LogP contribution is -2.59. The number of carbonyl (C=O) groups excluding carboxylic acids is 2. The zero-order valence-corrected chi connectivity index (χ0v) is 25.8. The van der Waals surface area contributed by atoms with E-state index < -0.39 is 69.9 Å². The summed E-state index contributed by atoms with van der Waals surface area (Å²) in [6.45, 7) is 0.759. The molecular formula is C31H38F4N4O5S. The van der Waals surface area contributed by atoms with E-state index in [4.69, 9.17) is 4.74 Å². The largest absolute Gasteiger partial charge is 0.453 e. The van der Waals surface area contributed by atoms with Gasteiger partial charge in [-0.2, -0.15) is 4.31 Å². The molecule has 14 heteroatoms. The molecule has 4 atom stereocenters. The van der Waals surface area contributed by atoms with Crippen LogP contribution in [0, 0.1) is 11.6 Å². The van der Waals surface area contributed by atoms with E-state index in [9.17, 15) is 31.2 Å². The topological polar surface area (TPSA) is 117 Å². The molecule has 1 aliphatic carbocycles. The van der Waals surface area contributed by atoms with Gasteiger partial charge in [0.15, 0.2) is 0 Å². The average Bonchev–Trinajstić information content (AvgIpc) is 3.12. The van der Waals surface area contributed by atoms with Gasteiger partial charge in [-0.1, -0.05) is 18.2 Å². The number of rotatable bonds is 8. The second-order valence-electron chi connectivity index (χ2n) is 12.2. The predicted octanol–water partition coefficient (Wildman–Crippen LogP) is 4.47. The van der Waals surface area contributed by atoms with Crippen LogP contribution in [0.15, 0.2) is 42.5 Å². The third-order valence-corrected chi connectivity index (χ3v) is 11.4. The van der Waals surface area contributed by atoms with E-state index in [0.717, 1.165) is 25.7 Å². The molecule has 0 spiro atoms. The number of methoxy groups -OCH3 is 1. The predicted molar refractivity (Wildman–Crippen MR) is 159 cm³/mol. The van der Waals surface area contributed by atoms with Gasteiger partial charge in [-0.05, 0) is 68.4 Å². The third-order valence-electron chi connectivity index (χ3n) is 9.42. The van der Waals surface area contributed by atoms with Gasteiger partial charge in [0.2, 0.25) is 21.9 Å². The minimum Gasteiger partial charge on any atom is -0.453 e. The van der Waals surface area contributed by atoms with Gasteiger partial charge in [0, 0.05) is 54.7 Å². The summed E-state index contributed by atoms with van der Waals surface area (Å²) in [5.41, 5.74) is -0.723. The van der Waals surface area contributed by atoms with Crippen LogP contribution in [0.2, 0.25) is 0 Å². The molecule has 0 aromatic heterocycles. The van der Waals surface area contributed by atoms with Crippen molar-refractivity contribution in [1.82, 2.24) is 14.9 Å². The fourth-order valence-corrected chi connectivity index (χ4v) is 8.72. The summed E-state index contributed by atoms with van der Waals surface area (Å²) in [5, 5.41) is 8.59. The first-order chi connectivity index (χ1) is 21.3. The van der Waals surface area contributed by atoms with E-state index in [-0.39, 0.29) is 48.7 Å². The van der Waals surface area contributed by atoms with E-state index in [1.165, 1.54) is 34.6 Å². The molecular weight excluding hydrogens is 616 g/mol. The van der Waals surface area contributed by atoms with Crippen LogP contribution in [0.5, 0.6) is 0 Å². The summed E-state index contributed by atoms with van der Waals surface area (Å²) in [6, 6.07) is 7.48. The fraction of sp³-hybridized carbons (Fsp3) is 0.548. The van der Waals surface area contributed by atoms with Gasteiger partial charge in [0.1, 0.15) is 17.7 Å². The number of piperazine rings is 1. The van der Waals surface area contributed by atoms with Gasteiger partial charge < -0.3 is 20.7 Å². The molecule has 3 fully saturated rings. The Balaban J connectivity index is 1.43. The van der Waals surface area contributed by atoms with Crippen LogP contribution in [-0.4, -0.2) is 74.7 Å². The molecule has 2 amide bonds. The molecule has 2 aromatic carbocycles. The van der Waals surface area contributed by atoms with E-state index >= 15 is 4.39 Å². The molecule has 246 valence electrons. The summed E-state index contributed by atoms with van der Waals surface area (Å²) in [6.07, 6.45) is -0.843. The van der Waals surface area contributed by atoms with E-state index in [2.05, 4.69) is 16.0 Å². The Labute approximate surface area is 260 Å². The van der Waals surface area contributed by atoms with Crippen LogP contribution in [0.3, 0.4) is 0 Å². The van der Waals surface area contributed by atoms with Crippen molar-refractivity contribution in [3.05, 3.63) is 65.2 Å². The van der Waals surface area contributed by atoms with Crippen molar-refractivity contribution in [1.29, 1.82) is 0 Å². The quantitative estimate of drug-likeness (QED) is 0.362. The number of hydrogen-bond acceptors (Lipinski definition) is 6. The lowest BCUT2D eigenvalue weighted by atomic mass is 9.63. The molecule has 0 radical (unpaired) electrons. The monoisotopic (exact) mass is 654 g/mol. The van der Waals surface area contributed by atoms with Crippen molar-refractivity contribution >= 4 is 27.7 Å². The number of benzene rings is 2. The van der Waals surface area contributed by atoms with Crippen LogP contribution in [0.1, 0.15) is 56.1 Å². The molecule has 9 nitrogen and oxygen atoms in total. The zero-order valence-electron chi connectivity index (χ0n) is 25.0. The zero-order chi connectivity index (χ0) is 32.4. The average molecular weight is 655 g/mol. The molecule has 2 heterocycles. The summed E-state index contributed by atoms with van der Waals surface area (Å²) in [5.74, 6) is -4.90. The molecule has 2 bridgehead atoms. The Morgan fingerprint density at radius 2 is 1.80 bits per heavy atom. The van der Waals surface area contributed by atoms with Crippen molar-refractivity contribution in [2.45, 2.75) is 80.8 Å². The van der Waals surface area contributed by atoms with Crippen molar-refractivity contribution in [3.8, 4) is 0 Å². The highest BCUT2D eigenvalue weighted by molar-refractivity contribution is 7.89. The van der Waals surface area contributed by atoms with E-state index in [0.29, 0.717) is 25.1 Å². The van der Waals surface area contributed by atoms with Crippen LogP contribution in [0.4, 0.5) is 28.0 Å². The second kappa shape index (κ2) is 13.2. The van der Waals surface area contributed by atoms with Crippen molar-refractivity contribution < 1.29 is 40.3 Å². The Morgan fingerprint density at radius 1 is 1.09 bits per heavy atom. The van der Waals surface area contributed by atoms with Crippen molar-refractivity contribution in [3.63, 3.8) is 0 Å². The smallest absolute Gasteiger partial charge is 0.407 e. The number of alkyl carbamates (subject to hydrolysis) is 1. The Hall–Kier alpha value is -3.23. The third kappa shape index (κ3) is 7.28. The normalized spacial score (nSPS) is 25.8. The highest BCUT2D eigenvalue weighted by Gasteiger charge is 2.52. The lowest BCUT2D eigenvalue weighted by Gasteiger charge is -2.45. The van der Waals surface area contributed by atoms with Gasteiger partial charge in [-0.15, -0.1) is 0 Å². The second-order valence-corrected chi connectivity index (χ2v) is 14.2. The molecule has 3 unspecified atom stereocenters. The number of fused-ring (bicyclic) bond motifs is 2. The number of hydrogen-bond donors (Lipinski definition) is 3. The number of alkyl halides is 2. The number of amides is 2. The maximum Gasteiger partial charge on any atom is 0.407 e. The molecule has 2 aromatic rings. The maximum atomic E-state index is 15.3. The molecule has 2 saturated heterocycles. The molecule has 3 N–H and O–H groups in total. The highest BCUT2D eigenvalue weighted by Crippen LogP contribution is 2.48. The molecule has 45 heavy (non-hydrogen) atoms. The number of anilines is 1. The summed E-state index contributed by atoms with van der Waals surface area (Å²) in [4.78, 5) is 26.5. The molecule has 1 saturated carbocycles. The van der Waals surface area contributed by atoms with Gasteiger partial charge in [-0.3, -0.25) is 4.79 Å². The number of nitrogens with one attached hydrogen (secondary N) is 3. The van der Waals surface area contributed by atoms with Crippen LogP contribution < -0.4 is 16.0 Å². The fourth-order valence-electron chi connectivity index (χ4n) is 6.91. The Morgan fingerprint density at radius 3 is 2.49 bits per heavy atom. The molecule has 3 aliphatic rings. The lowest BCUT2D eigenvalue weighted by molar-refractivity contribution is -0.122. The maximum absolute atomic E-state index is 15.3. The SMILES string of the molecule is COC(=O)NC(C(=O)Nc1cccc(F)c1CC[C@H]1CNC2CCCS(=O)(=O)N1C2)C1(c2ccc(F)cc2)CCC(F)(F)CC1.